The highest BCUT2D eigenvalue weighted by atomic mass is 32.1. The molecular weight excluding hydrogens is 270 g/mol. The van der Waals surface area contributed by atoms with E-state index < -0.39 is 0 Å². The first-order valence-corrected chi connectivity index (χ1v) is 7.02. The molecule has 0 radical (unpaired) electrons. The van der Waals surface area contributed by atoms with E-state index in [9.17, 15) is 4.79 Å². The van der Waals surface area contributed by atoms with Crippen LogP contribution >= 0.6 is 11.3 Å². The third kappa shape index (κ3) is 3.16. The highest BCUT2D eigenvalue weighted by molar-refractivity contribution is 7.16. The second kappa shape index (κ2) is 6.22. The minimum Gasteiger partial charge on any atom is -0.376 e. The van der Waals surface area contributed by atoms with Crippen molar-refractivity contribution in [3.63, 3.8) is 0 Å². The number of hydrogen-bond acceptors (Lipinski definition) is 4. The number of para-hydroxylation sites is 1. The van der Waals surface area contributed by atoms with Crippen LogP contribution in [0.1, 0.15) is 16.0 Å². The van der Waals surface area contributed by atoms with Crippen LogP contribution in [0.15, 0.2) is 30.3 Å². The number of aryl methyl sites for hydroxylation is 1. The maximum Gasteiger partial charge on any atom is 0.244 e. The van der Waals surface area contributed by atoms with Gasteiger partial charge in [0.2, 0.25) is 5.91 Å². The van der Waals surface area contributed by atoms with Gasteiger partial charge in [0.1, 0.15) is 11.1 Å². The summed E-state index contributed by atoms with van der Waals surface area (Å²) in [5, 5.41) is 15.6. The van der Waals surface area contributed by atoms with Crippen LogP contribution in [0.4, 0.5) is 10.7 Å². The fourth-order valence-electron chi connectivity index (χ4n) is 1.76. The number of carbonyl (C=O) groups is 1. The van der Waals surface area contributed by atoms with Gasteiger partial charge in [-0.05, 0) is 31.5 Å². The van der Waals surface area contributed by atoms with Crippen LogP contribution in [-0.2, 0) is 4.79 Å². The van der Waals surface area contributed by atoms with Crippen LogP contribution in [0.5, 0.6) is 0 Å². The summed E-state index contributed by atoms with van der Waals surface area (Å²) in [7, 11) is 0. The highest BCUT2D eigenvalue weighted by Gasteiger charge is 2.14. The van der Waals surface area contributed by atoms with Crippen molar-refractivity contribution < 1.29 is 4.79 Å². The lowest BCUT2D eigenvalue weighted by molar-refractivity contribution is -0.114. The van der Waals surface area contributed by atoms with Crippen molar-refractivity contribution in [2.75, 3.05) is 17.2 Å². The molecule has 0 aliphatic heterocycles. The van der Waals surface area contributed by atoms with E-state index in [1.54, 1.807) is 0 Å². The number of thiophene rings is 1. The molecule has 1 aromatic carbocycles. The van der Waals surface area contributed by atoms with Gasteiger partial charge in [-0.1, -0.05) is 18.2 Å². The first-order valence-electron chi connectivity index (χ1n) is 6.20. The summed E-state index contributed by atoms with van der Waals surface area (Å²) < 4.78 is 0. The Morgan fingerprint density at radius 1 is 1.30 bits per heavy atom. The molecule has 0 spiro atoms. The van der Waals surface area contributed by atoms with Crippen molar-refractivity contribution in [2.45, 2.75) is 13.8 Å². The summed E-state index contributed by atoms with van der Waals surface area (Å²) in [6.45, 7) is 4.01. The molecule has 2 aromatic rings. The molecule has 0 bridgehead atoms. The van der Waals surface area contributed by atoms with E-state index in [0.29, 0.717) is 10.6 Å². The Hall–Kier alpha value is -2.32. The number of hydrogen-bond donors (Lipinski definition) is 2. The van der Waals surface area contributed by atoms with Crippen molar-refractivity contribution in [3.05, 3.63) is 46.3 Å². The van der Waals surface area contributed by atoms with Crippen LogP contribution < -0.4 is 10.6 Å². The fourth-order valence-corrected chi connectivity index (χ4v) is 2.79. The van der Waals surface area contributed by atoms with E-state index in [-0.39, 0.29) is 12.5 Å². The summed E-state index contributed by atoms with van der Waals surface area (Å²) in [4.78, 5) is 12.9. The number of carbonyl (C=O) groups excluding carboxylic acids is 1. The smallest absolute Gasteiger partial charge is 0.244 e. The van der Waals surface area contributed by atoms with Gasteiger partial charge in [-0.25, -0.2) is 0 Å². The molecule has 1 heterocycles. The second-order valence-electron chi connectivity index (χ2n) is 4.37. The van der Waals surface area contributed by atoms with Gasteiger partial charge in [0.15, 0.2) is 0 Å². The van der Waals surface area contributed by atoms with Crippen molar-refractivity contribution in [3.8, 4) is 6.07 Å². The lowest BCUT2D eigenvalue weighted by Gasteiger charge is -2.06. The van der Waals surface area contributed by atoms with E-state index in [4.69, 9.17) is 5.26 Å². The van der Waals surface area contributed by atoms with Crippen molar-refractivity contribution in [2.24, 2.45) is 0 Å². The number of benzene rings is 1. The van der Waals surface area contributed by atoms with Crippen molar-refractivity contribution in [1.29, 1.82) is 5.26 Å². The molecule has 1 amide bonds. The van der Waals surface area contributed by atoms with E-state index in [1.807, 2.05) is 44.2 Å². The van der Waals surface area contributed by atoms with Gasteiger partial charge in [-0.15, -0.1) is 11.3 Å². The third-order valence-electron chi connectivity index (χ3n) is 2.98. The maximum atomic E-state index is 11.9. The number of nitrogens with one attached hydrogen (secondary N) is 2. The molecule has 0 atom stereocenters. The zero-order valence-electron chi connectivity index (χ0n) is 11.4. The first kappa shape index (κ1) is 14.1. The molecule has 5 heteroatoms. The van der Waals surface area contributed by atoms with Crippen molar-refractivity contribution >= 4 is 27.9 Å². The Morgan fingerprint density at radius 3 is 2.65 bits per heavy atom. The molecule has 2 N–H and O–H groups in total. The number of nitriles is 1. The lowest BCUT2D eigenvalue weighted by atomic mass is 10.2. The van der Waals surface area contributed by atoms with Crippen LogP contribution in [0.2, 0.25) is 0 Å². The van der Waals surface area contributed by atoms with Gasteiger partial charge >= 0.3 is 0 Å². The predicted molar refractivity (Wildman–Crippen MR) is 82.1 cm³/mol. The Balaban J connectivity index is 1.99. The molecular formula is C15H15N3OS. The third-order valence-corrected chi connectivity index (χ3v) is 4.10. The van der Waals surface area contributed by atoms with Crippen molar-refractivity contribution in [1.82, 2.24) is 0 Å². The van der Waals surface area contributed by atoms with Gasteiger partial charge in [0.25, 0.3) is 0 Å². The Morgan fingerprint density at radius 2 is 2.00 bits per heavy atom. The summed E-state index contributed by atoms with van der Waals surface area (Å²) in [6.07, 6.45) is 0. The fraction of sp³-hybridized carbons (Fsp3) is 0.200. The van der Waals surface area contributed by atoms with E-state index in [2.05, 4.69) is 16.7 Å². The minimum absolute atomic E-state index is 0.161. The Bertz CT molecular complexity index is 656. The van der Waals surface area contributed by atoms with E-state index >= 15 is 0 Å². The molecule has 0 fully saturated rings. The molecule has 0 unspecified atom stereocenters. The normalized spacial score (nSPS) is 9.85. The Labute approximate surface area is 122 Å². The minimum atomic E-state index is -0.161. The monoisotopic (exact) mass is 285 g/mol. The number of nitrogens with zero attached hydrogens (tertiary/aromatic N) is 1. The van der Waals surface area contributed by atoms with Crippen LogP contribution in [0, 0.1) is 25.2 Å². The molecule has 1 aromatic heterocycles. The largest absolute Gasteiger partial charge is 0.376 e. The molecule has 4 nitrogen and oxygen atoms in total. The average molecular weight is 285 g/mol. The SMILES string of the molecule is Cc1sc(NC(=O)CNc2ccccc2)c(C#N)c1C. The molecule has 0 aliphatic rings. The topological polar surface area (TPSA) is 64.9 Å². The van der Waals surface area contributed by atoms with E-state index in [1.165, 1.54) is 11.3 Å². The quantitative estimate of drug-likeness (QED) is 0.906. The van der Waals surface area contributed by atoms with Crippen LogP contribution in [0.3, 0.4) is 0 Å². The van der Waals surface area contributed by atoms with Gasteiger partial charge < -0.3 is 10.6 Å². The zero-order valence-corrected chi connectivity index (χ0v) is 12.2. The molecule has 2 rings (SSSR count). The molecule has 0 saturated carbocycles. The van der Waals surface area contributed by atoms with Crippen LogP contribution in [0.25, 0.3) is 0 Å². The molecule has 102 valence electrons. The molecule has 20 heavy (non-hydrogen) atoms. The summed E-state index contributed by atoms with van der Waals surface area (Å²) in [5.41, 5.74) is 2.38. The number of anilines is 2. The lowest BCUT2D eigenvalue weighted by Crippen LogP contribution is -2.21. The van der Waals surface area contributed by atoms with Gasteiger partial charge in [-0.2, -0.15) is 5.26 Å². The van der Waals surface area contributed by atoms with Crippen LogP contribution in [-0.4, -0.2) is 12.5 Å². The van der Waals surface area contributed by atoms with E-state index in [0.717, 1.165) is 16.1 Å². The Kier molecular flexibility index (Phi) is 4.38. The van der Waals surface area contributed by atoms with Gasteiger partial charge in [-0.3, -0.25) is 4.79 Å². The summed E-state index contributed by atoms with van der Waals surface area (Å²) in [5.74, 6) is -0.161. The number of rotatable bonds is 4. The second-order valence-corrected chi connectivity index (χ2v) is 5.59. The number of amides is 1. The standard InChI is InChI=1S/C15H15N3OS/c1-10-11(2)20-15(13(10)8-16)18-14(19)9-17-12-6-4-3-5-7-12/h3-7,17H,9H2,1-2H3,(H,18,19). The summed E-state index contributed by atoms with van der Waals surface area (Å²) >= 11 is 1.43. The highest BCUT2D eigenvalue weighted by Crippen LogP contribution is 2.31. The average Bonchev–Trinajstić information content (AvgIpc) is 2.72. The first-order chi connectivity index (χ1) is 9.61. The zero-order chi connectivity index (χ0) is 14.5. The maximum absolute atomic E-state index is 11.9. The van der Waals surface area contributed by atoms with Gasteiger partial charge in [0, 0.05) is 10.6 Å². The molecule has 0 aliphatic carbocycles. The summed E-state index contributed by atoms with van der Waals surface area (Å²) in [6, 6.07) is 11.7. The predicted octanol–water partition coefficient (Wildman–Crippen LogP) is 3.29. The van der Waals surface area contributed by atoms with Gasteiger partial charge in [0.05, 0.1) is 12.1 Å². The molecule has 0 saturated heterocycles.